The van der Waals surface area contributed by atoms with Crippen LogP contribution in [0.2, 0.25) is 0 Å². The van der Waals surface area contributed by atoms with Crippen LogP contribution < -0.4 is 11.1 Å². The largest absolute Gasteiger partial charge is 0.481 e. The summed E-state index contributed by atoms with van der Waals surface area (Å²) in [6.07, 6.45) is 2.55. The molecule has 0 bridgehead atoms. The predicted octanol–water partition coefficient (Wildman–Crippen LogP) is 0.256. The summed E-state index contributed by atoms with van der Waals surface area (Å²) in [5, 5.41) is 29.3. The molecule has 8 heteroatoms. The second-order valence-corrected chi connectivity index (χ2v) is 4.87. The molecule has 8 nitrogen and oxygen atoms in total. The standard InChI is InChI=1S/C13H24N2O6/c14-8-4-3-6-10(13(20)21)15-9(12(18)19)5-1-2-7-11(16)17/h9-10,15H,1-8,14H2,(H,16,17)(H,18,19)(H,20,21)/t9?,10-/m0/s1. The summed E-state index contributed by atoms with van der Waals surface area (Å²) in [5.74, 6) is -3.15. The van der Waals surface area contributed by atoms with Gasteiger partial charge < -0.3 is 21.1 Å². The monoisotopic (exact) mass is 304 g/mol. The number of carbonyl (C=O) groups is 3. The highest BCUT2D eigenvalue weighted by atomic mass is 16.4. The molecule has 2 atom stereocenters. The fraction of sp³-hybridized carbons (Fsp3) is 0.769. The van der Waals surface area contributed by atoms with E-state index >= 15 is 0 Å². The van der Waals surface area contributed by atoms with Crippen LogP contribution in [0.15, 0.2) is 0 Å². The molecule has 0 saturated carbocycles. The van der Waals surface area contributed by atoms with Crippen molar-refractivity contribution >= 4 is 17.9 Å². The van der Waals surface area contributed by atoms with Crippen molar-refractivity contribution in [2.75, 3.05) is 6.54 Å². The Morgan fingerprint density at radius 2 is 1.33 bits per heavy atom. The topological polar surface area (TPSA) is 150 Å². The second kappa shape index (κ2) is 11.0. The lowest BCUT2D eigenvalue weighted by molar-refractivity contribution is -0.143. The smallest absolute Gasteiger partial charge is 0.320 e. The third-order valence-corrected chi connectivity index (χ3v) is 3.08. The number of carboxylic acid groups (broad SMARTS) is 3. The van der Waals surface area contributed by atoms with E-state index in [0.29, 0.717) is 38.6 Å². The molecule has 122 valence electrons. The molecule has 0 rings (SSSR count). The average Bonchev–Trinajstić information content (AvgIpc) is 2.39. The van der Waals surface area contributed by atoms with Gasteiger partial charge in [0.1, 0.15) is 12.1 Å². The Balaban J connectivity index is 4.32. The van der Waals surface area contributed by atoms with Crippen LogP contribution in [-0.4, -0.2) is 51.9 Å². The number of nitrogens with two attached hydrogens (primary N) is 1. The van der Waals surface area contributed by atoms with Crippen molar-refractivity contribution in [2.45, 2.75) is 57.0 Å². The van der Waals surface area contributed by atoms with E-state index in [1.54, 1.807) is 0 Å². The molecule has 0 saturated heterocycles. The Hall–Kier alpha value is -1.67. The van der Waals surface area contributed by atoms with E-state index in [4.69, 9.17) is 21.1 Å². The molecule has 0 spiro atoms. The lowest BCUT2D eigenvalue weighted by Gasteiger charge is -2.20. The van der Waals surface area contributed by atoms with Crippen LogP contribution in [0.5, 0.6) is 0 Å². The molecule has 0 radical (unpaired) electrons. The number of hydrogen-bond acceptors (Lipinski definition) is 5. The van der Waals surface area contributed by atoms with Gasteiger partial charge in [-0.15, -0.1) is 0 Å². The molecule has 0 fully saturated rings. The van der Waals surface area contributed by atoms with Crippen LogP contribution >= 0.6 is 0 Å². The summed E-state index contributed by atoms with van der Waals surface area (Å²) >= 11 is 0. The fourth-order valence-corrected chi connectivity index (χ4v) is 1.92. The van der Waals surface area contributed by atoms with Crippen molar-refractivity contribution in [3.8, 4) is 0 Å². The molecule has 0 heterocycles. The van der Waals surface area contributed by atoms with Crippen LogP contribution in [0.4, 0.5) is 0 Å². The first-order valence-electron chi connectivity index (χ1n) is 7.02. The molecular formula is C13H24N2O6. The van der Waals surface area contributed by atoms with E-state index < -0.39 is 30.0 Å². The molecule has 1 unspecified atom stereocenters. The summed E-state index contributed by atoms with van der Waals surface area (Å²) in [6, 6.07) is -1.92. The maximum Gasteiger partial charge on any atom is 0.320 e. The third-order valence-electron chi connectivity index (χ3n) is 3.08. The van der Waals surface area contributed by atoms with Gasteiger partial charge >= 0.3 is 17.9 Å². The van der Waals surface area contributed by atoms with Gasteiger partial charge in [-0.3, -0.25) is 19.7 Å². The van der Waals surface area contributed by atoms with Crippen LogP contribution in [0, 0.1) is 0 Å². The summed E-state index contributed by atoms with van der Waals surface area (Å²) in [7, 11) is 0. The van der Waals surface area contributed by atoms with Gasteiger partial charge in [0.25, 0.3) is 0 Å². The van der Waals surface area contributed by atoms with Gasteiger partial charge in [0.05, 0.1) is 0 Å². The minimum atomic E-state index is -1.13. The minimum Gasteiger partial charge on any atom is -0.481 e. The van der Waals surface area contributed by atoms with Crippen molar-refractivity contribution < 1.29 is 29.7 Å². The van der Waals surface area contributed by atoms with Gasteiger partial charge in [0, 0.05) is 6.42 Å². The fourth-order valence-electron chi connectivity index (χ4n) is 1.92. The molecule has 0 aliphatic rings. The maximum absolute atomic E-state index is 11.1. The van der Waals surface area contributed by atoms with Crippen LogP contribution in [-0.2, 0) is 14.4 Å². The molecule has 0 aromatic heterocycles. The van der Waals surface area contributed by atoms with Crippen LogP contribution in [0.3, 0.4) is 0 Å². The van der Waals surface area contributed by atoms with Gasteiger partial charge in [-0.1, -0.05) is 12.8 Å². The number of hydrogen-bond donors (Lipinski definition) is 5. The highest BCUT2D eigenvalue weighted by Gasteiger charge is 2.25. The van der Waals surface area contributed by atoms with Crippen LogP contribution in [0.1, 0.15) is 44.9 Å². The van der Waals surface area contributed by atoms with E-state index in [1.807, 2.05) is 0 Å². The maximum atomic E-state index is 11.1. The van der Waals surface area contributed by atoms with Gasteiger partial charge in [0.15, 0.2) is 0 Å². The quantitative estimate of drug-likeness (QED) is 0.304. The van der Waals surface area contributed by atoms with E-state index in [-0.39, 0.29) is 12.8 Å². The second-order valence-electron chi connectivity index (χ2n) is 4.87. The van der Waals surface area contributed by atoms with Crippen molar-refractivity contribution in [3.05, 3.63) is 0 Å². The van der Waals surface area contributed by atoms with E-state index in [0.717, 1.165) is 0 Å². The minimum absolute atomic E-state index is 0.0226. The van der Waals surface area contributed by atoms with Crippen molar-refractivity contribution in [1.82, 2.24) is 5.32 Å². The molecule has 0 aromatic rings. The first kappa shape index (κ1) is 19.3. The molecule has 0 aliphatic heterocycles. The summed E-state index contributed by atoms with van der Waals surface area (Å²) < 4.78 is 0. The van der Waals surface area contributed by atoms with Gasteiger partial charge in [0.2, 0.25) is 0 Å². The predicted molar refractivity (Wildman–Crippen MR) is 75.0 cm³/mol. The molecule has 0 amide bonds. The van der Waals surface area contributed by atoms with Gasteiger partial charge in [-0.05, 0) is 32.2 Å². The first-order chi connectivity index (χ1) is 9.88. The Morgan fingerprint density at radius 3 is 1.71 bits per heavy atom. The van der Waals surface area contributed by atoms with Crippen molar-refractivity contribution in [3.63, 3.8) is 0 Å². The molecule has 6 N–H and O–H groups in total. The van der Waals surface area contributed by atoms with Crippen molar-refractivity contribution in [2.24, 2.45) is 5.73 Å². The molecule has 21 heavy (non-hydrogen) atoms. The summed E-state index contributed by atoms with van der Waals surface area (Å²) in [4.78, 5) is 32.6. The molecule has 0 aliphatic carbocycles. The molecular weight excluding hydrogens is 280 g/mol. The zero-order chi connectivity index (χ0) is 16.3. The van der Waals surface area contributed by atoms with E-state index in [2.05, 4.69) is 5.32 Å². The SMILES string of the molecule is NCCCC[C@H](NC(CCCCC(=O)O)C(=O)O)C(=O)O. The molecule has 0 aromatic carbocycles. The Morgan fingerprint density at radius 1 is 0.857 bits per heavy atom. The zero-order valence-corrected chi connectivity index (χ0v) is 12.0. The number of carboxylic acids is 3. The zero-order valence-electron chi connectivity index (χ0n) is 12.0. The normalized spacial score (nSPS) is 13.6. The summed E-state index contributed by atoms with van der Waals surface area (Å²) in [6.45, 7) is 0.462. The average molecular weight is 304 g/mol. The first-order valence-corrected chi connectivity index (χ1v) is 7.02. The van der Waals surface area contributed by atoms with Crippen molar-refractivity contribution in [1.29, 1.82) is 0 Å². The number of rotatable bonds is 13. The highest BCUT2D eigenvalue weighted by molar-refractivity contribution is 5.77. The van der Waals surface area contributed by atoms with Gasteiger partial charge in [-0.25, -0.2) is 0 Å². The third kappa shape index (κ3) is 9.80. The Kier molecular flexibility index (Phi) is 10.2. The number of unbranched alkanes of at least 4 members (excludes halogenated alkanes) is 2. The Bertz CT molecular complexity index is 348. The lowest BCUT2D eigenvalue weighted by Crippen LogP contribution is -2.47. The highest BCUT2D eigenvalue weighted by Crippen LogP contribution is 2.08. The Labute approximate surface area is 123 Å². The number of aliphatic carboxylic acids is 3. The van der Waals surface area contributed by atoms with Gasteiger partial charge in [-0.2, -0.15) is 0 Å². The number of nitrogens with one attached hydrogen (secondary N) is 1. The van der Waals surface area contributed by atoms with Crippen LogP contribution in [0.25, 0.3) is 0 Å². The lowest BCUT2D eigenvalue weighted by atomic mass is 10.0. The van der Waals surface area contributed by atoms with E-state index in [1.165, 1.54) is 0 Å². The van der Waals surface area contributed by atoms with E-state index in [9.17, 15) is 14.4 Å². The summed E-state index contributed by atoms with van der Waals surface area (Å²) in [5.41, 5.74) is 5.34.